The fourth-order valence-electron chi connectivity index (χ4n) is 2.88. The van der Waals surface area contributed by atoms with E-state index in [4.69, 9.17) is 14.2 Å². The molecule has 5 heteroatoms. The lowest BCUT2D eigenvalue weighted by Gasteiger charge is -2.27. The van der Waals surface area contributed by atoms with E-state index in [1.807, 2.05) is 43.3 Å². The fourth-order valence-corrected chi connectivity index (χ4v) is 2.88. The van der Waals surface area contributed by atoms with Gasteiger partial charge < -0.3 is 14.2 Å². The van der Waals surface area contributed by atoms with E-state index in [2.05, 4.69) is 5.32 Å². The Hall–Kier alpha value is -2.69. The molecule has 1 atom stereocenters. The van der Waals surface area contributed by atoms with Crippen molar-refractivity contribution in [2.45, 2.75) is 19.4 Å². The molecule has 0 spiro atoms. The topological polar surface area (TPSA) is 56.8 Å². The molecular formula is C18H19NO4. The lowest BCUT2D eigenvalue weighted by molar-refractivity contribution is 0.126. The molecule has 23 heavy (non-hydrogen) atoms. The Labute approximate surface area is 135 Å². The van der Waals surface area contributed by atoms with Crippen LogP contribution in [0.3, 0.4) is 0 Å². The van der Waals surface area contributed by atoms with E-state index in [-0.39, 0.29) is 0 Å². The van der Waals surface area contributed by atoms with Crippen LogP contribution in [0, 0.1) is 0 Å². The van der Waals surface area contributed by atoms with Crippen LogP contribution in [-0.4, -0.2) is 20.3 Å². The zero-order chi connectivity index (χ0) is 16.4. The highest BCUT2D eigenvalue weighted by Gasteiger charge is 2.28. The predicted octanol–water partition coefficient (Wildman–Crippen LogP) is 3.92. The van der Waals surface area contributed by atoms with Crippen molar-refractivity contribution in [3.05, 3.63) is 53.1 Å². The number of hydrogen-bond acceptors (Lipinski definition) is 4. The summed E-state index contributed by atoms with van der Waals surface area (Å²) in [5.41, 5.74) is 3.55. The number of para-hydroxylation sites is 1. The molecule has 1 heterocycles. The molecule has 120 valence electrons. The first-order valence-corrected chi connectivity index (χ1v) is 7.49. The van der Waals surface area contributed by atoms with Gasteiger partial charge in [-0.1, -0.05) is 25.1 Å². The Kier molecular flexibility index (Phi) is 4.10. The van der Waals surface area contributed by atoms with Crippen LogP contribution in [0.1, 0.15) is 29.7 Å². The van der Waals surface area contributed by atoms with Crippen LogP contribution in [-0.2, 0) is 11.2 Å². The van der Waals surface area contributed by atoms with Gasteiger partial charge in [0, 0.05) is 11.1 Å². The molecule has 5 nitrogen and oxygen atoms in total. The molecule has 0 saturated carbocycles. The van der Waals surface area contributed by atoms with Gasteiger partial charge in [-0.3, -0.25) is 5.32 Å². The predicted molar refractivity (Wildman–Crippen MR) is 87.3 cm³/mol. The number of nitrogens with one attached hydrogen (secondary N) is 1. The van der Waals surface area contributed by atoms with Crippen molar-refractivity contribution < 1.29 is 19.0 Å². The van der Waals surface area contributed by atoms with Crippen molar-refractivity contribution in [3.63, 3.8) is 0 Å². The maximum absolute atomic E-state index is 11.9. The normalized spacial score (nSPS) is 16.1. The molecule has 2 aromatic carbocycles. The van der Waals surface area contributed by atoms with E-state index in [9.17, 15) is 4.79 Å². The molecule has 0 aromatic heterocycles. The van der Waals surface area contributed by atoms with Crippen LogP contribution in [0.25, 0.3) is 0 Å². The molecule has 1 unspecified atom stereocenters. The van der Waals surface area contributed by atoms with E-state index >= 15 is 0 Å². The van der Waals surface area contributed by atoms with Gasteiger partial charge in [-0.2, -0.15) is 0 Å². The Morgan fingerprint density at radius 3 is 2.65 bits per heavy atom. The second-order valence-electron chi connectivity index (χ2n) is 5.27. The smallest absolute Gasteiger partial charge is 0.412 e. The molecule has 1 aliphatic heterocycles. The van der Waals surface area contributed by atoms with Gasteiger partial charge in [0.25, 0.3) is 0 Å². The van der Waals surface area contributed by atoms with Gasteiger partial charge in [0.2, 0.25) is 0 Å². The third kappa shape index (κ3) is 2.70. The third-order valence-electron chi connectivity index (χ3n) is 3.97. The number of carbonyl (C=O) groups excluding carboxylic acids is 1. The zero-order valence-corrected chi connectivity index (χ0v) is 13.4. The van der Waals surface area contributed by atoms with Gasteiger partial charge >= 0.3 is 6.09 Å². The summed E-state index contributed by atoms with van der Waals surface area (Å²) in [6, 6.07) is 11.5. The number of aryl methyl sites for hydroxylation is 1. The Balaban J connectivity index is 2.13. The SMILES string of the molecule is CCc1cc(C2OC(=O)Nc3ccccc32)cc(OC)c1OC. The zero-order valence-electron chi connectivity index (χ0n) is 13.4. The van der Waals surface area contributed by atoms with E-state index in [0.29, 0.717) is 11.5 Å². The number of fused-ring (bicyclic) bond motifs is 1. The number of cyclic esters (lactones) is 1. The van der Waals surface area contributed by atoms with Gasteiger partial charge in [-0.25, -0.2) is 4.79 Å². The third-order valence-corrected chi connectivity index (χ3v) is 3.97. The van der Waals surface area contributed by atoms with Crippen LogP contribution in [0.5, 0.6) is 11.5 Å². The summed E-state index contributed by atoms with van der Waals surface area (Å²) in [6.07, 6.45) is -0.139. The number of hydrogen-bond donors (Lipinski definition) is 1. The first-order chi connectivity index (χ1) is 11.2. The summed E-state index contributed by atoms with van der Waals surface area (Å²) < 4.78 is 16.4. The summed E-state index contributed by atoms with van der Waals surface area (Å²) in [7, 11) is 3.22. The van der Waals surface area contributed by atoms with Gasteiger partial charge in [-0.15, -0.1) is 0 Å². The molecule has 1 N–H and O–H groups in total. The average molecular weight is 313 g/mol. The number of anilines is 1. The molecule has 2 aromatic rings. The maximum Gasteiger partial charge on any atom is 0.412 e. The summed E-state index contributed by atoms with van der Waals surface area (Å²) in [4.78, 5) is 11.9. The van der Waals surface area contributed by atoms with Crippen molar-refractivity contribution in [3.8, 4) is 11.5 Å². The average Bonchev–Trinajstić information content (AvgIpc) is 2.59. The number of ether oxygens (including phenoxy) is 3. The van der Waals surface area contributed by atoms with Crippen molar-refractivity contribution >= 4 is 11.8 Å². The van der Waals surface area contributed by atoms with Crippen molar-refractivity contribution in [1.82, 2.24) is 0 Å². The highest BCUT2D eigenvalue weighted by atomic mass is 16.6. The fraction of sp³-hybridized carbons (Fsp3) is 0.278. The second kappa shape index (κ2) is 6.20. The first kappa shape index (κ1) is 15.2. The lowest BCUT2D eigenvalue weighted by Crippen LogP contribution is -2.25. The van der Waals surface area contributed by atoms with E-state index in [1.165, 1.54) is 0 Å². The summed E-state index contributed by atoms with van der Waals surface area (Å²) in [5, 5.41) is 2.72. The molecule has 0 saturated heterocycles. The van der Waals surface area contributed by atoms with Gasteiger partial charge in [0.1, 0.15) is 0 Å². The van der Waals surface area contributed by atoms with E-state index in [1.54, 1.807) is 14.2 Å². The largest absolute Gasteiger partial charge is 0.493 e. The maximum atomic E-state index is 11.9. The van der Waals surface area contributed by atoms with Crippen LogP contribution in [0.15, 0.2) is 36.4 Å². The van der Waals surface area contributed by atoms with Crippen LogP contribution >= 0.6 is 0 Å². The summed E-state index contributed by atoms with van der Waals surface area (Å²) in [6.45, 7) is 2.05. The molecule has 3 rings (SSSR count). The first-order valence-electron chi connectivity index (χ1n) is 7.49. The number of carbonyl (C=O) groups is 1. The van der Waals surface area contributed by atoms with Crippen molar-refractivity contribution in [1.29, 1.82) is 0 Å². The standard InChI is InChI=1S/C18H19NO4/c1-4-11-9-12(10-15(21-2)17(11)22-3)16-13-7-5-6-8-14(13)19-18(20)23-16/h5-10,16H,4H2,1-3H3,(H,19,20). The number of benzene rings is 2. The highest BCUT2D eigenvalue weighted by molar-refractivity contribution is 5.88. The molecule has 0 bridgehead atoms. The van der Waals surface area contributed by atoms with Gasteiger partial charge in [0.05, 0.1) is 19.9 Å². The molecule has 0 fully saturated rings. The second-order valence-corrected chi connectivity index (χ2v) is 5.27. The van der Waals surface area contributed by atoms with E-state index < -0.39 is 12.2 Å². The molecule has 1 amide bonds. The lowest BCUT2D eigenvalue weighted by atomic mass is 9.95. The number of methoxy groups -OCH3 is 2. The minimum Gasteiger partial charge on any atom is -0.493 e. The molecule has 0 aliphatic carbocycles. The highest BCUT2D eigenvalue weighted by Crippen LogP contribution is 2.40. The number of rotatable bonds is 4. The molecular weight excluding hydrogens is 294 g/mol. The van der Waals surface area contributed by atoms with Crippen LogP contribution in [0.4, 0.5) is 10.5 Å². The van der Waals surface area contributed by atoms with Crippen LogP contribution < -0.4 is 14.8 Å². The quantitative estimate of drug-likeness (QED) is 0.929. The number of amides is 1. The summed E-state index contributed by atoms with van der Waals surface area (Å²) in [5.74, 6) is 1.35. The Bertz CT molecular complexity index is 717. The minimum absolute atomic E-state index is 0.457. The summed E-state index contributed by atoms with van der Waals surface area (Å²) >= 11 is 0. The minimum atomic E-state index is -0.468. The monoisotopic (exact) mass is 313 g/mol. The van der Waals surface area contributed by atoms with Crippen molar-refractivity contribution in [2.75, 3.05) is 19.5 Å². The van der Waals surface area contributed by atoms with E-state index in [0.717, 1.165) is 28.8 Å². The van der Waals surface area contributed by atoms with Gasteiger partial charge in [-0.05, 0) is 30.2 Å². The molecule has 1 aliphatic rings. The van der Waals surface area contributed by atoms with Gasteiger partial charge in [0.15, 0.2) is 17.6 Å². The van der Waals surface area contributed by atoms with Crippen LogP contribution in [0.2, 0.25) is 0 Å². The Morgan fingerprint density at radius 1 is 1.17 bits per heavy atom. The Morgan fingerprint density at radius 2 is 1.96 bits per heavy atom. The molecule has 0 radical (unpaired) electrons. The van der Waals surface area contributed by atoms with Crippen molar-refractivity contribution in [2.24, 2.45) is 0 Å².